The minimum Gasteiger partial charge on any atom is -0.382 e. The Morgan fingerprint density at radius 3 is 2.90 bits per heavy atom. The zero-order chi connectivity index (χ0) is 14.1. The minimum atomic E-state index is -0.0408. The van der Waals surface area contributed by atoms with Gasteiger partial charge in [0.05, 0.1) is 12.6 Å². The summed E-state index contributed by atoms with van der Waals surface area (Å²) in [5.41, 5.74) is 5.94. The highest BCUT2D eigenvalue weighted by molar-refractivity contribution is 7.18. The maximum Gasteiger partial charge on any atom is 0.267 e. The van der Waals surface area contributed by atoms with Crippen molar-refractivity contribution < 1.29 is 9.53 Å². The van der Waals surface area contributed by atoms with Gasteiger partial charge in [-0.05, 0) is 19.3 Å². The van der Waals surface area contributed by atoms with E-state index in [1.54, 1.807) is 4.90 Å². The van der Waals surface area contributed by atoms with E-state index >= 15 is 0 Å². The van der Waals surface area contributed by atoms with Crippen molar-refractivity contribution in [2.45, 2.75) is 25.3 Å². The number of ether oxygens (including phenoxy) is 1. The van der Waals surface area contributed by atoms with E-state index in [-0.39, 0.29) is 11.9 Å². The second kappa shape index (κ2) is 5.57. The standard InChI is InChI=1S/C13H20N4O2S/c1-16(9-4-7-19-8-9)12(18)10-11(14)15-13(20-10)17-5-2-3-6-17/h9H,2-8,14H2,1H3. The summed E-state index contributed by atoms with van der Waals surface area (Å²) in [7, 11) is 1.82. The molecule has 1 atom stereocenters. The number of thiazole rings is 1. The van der Waals surface area contributed by atoms with Crippen LogP contribution in [0.5, 0.6) is 0 Å². The number of hydrogen-bond acceptors (Lipinski definition) is 6. The topological polar surface area (TPSA) is 71.7 Å². The Labute approximate surface area is 122 Å². The molecule has 0 spiro atoms. The first kappa shape index (κ1) is 13.6. The predicted molar refractivity (Wildman–Crippen MR) is 79.3 cm³/mol. The molecule has 0 radical (unpaired) electrons. The van der Waals surface area contributed by atoms with E-state index in [2.05, 4.69) is 9.88 Å². The Kier molecular flexibility index (Phi) is 3.80. The first-order valence-corrected chi connectivity index (χ1v) is 7.84. The van der Waals surface area contributed by atoms with Crippen LogP contribution in [0.3, 0.4) is 0 Å². The van der Waals surface area contributed by atoms with Gasteiger partial charge in [-0.25, -0.2) is 4.98 Å². The van der Waals surface area contributed by atoms with Gasteiger partial charge in [0.15, 0.2) is 5.13 Å². The normalized spacial score (nSPS) is 22.4. The van der Waals surface area contributed by atoms with E-state index in [0.29, 0.717) is 17.3 Å². The van der Waals surface area contributed by atoms with Gasteiger partial charge in [0, 0.05) is 26.7 Å². The van der Waals surface area contributed by atoms with Crippen molar-refractivity contribution in [2.24, 2.45) is 0 Å². The minimum absolute atomic E-state index is 0.0408. The monoisotopic (exact) mass is 296 g/mol. The maximum atomic E-state index is 12.5. The van der Waals surface area contributed by atoms with Crippen molar-refractivity contribution in [3.05, 3.63) is 4.88 Å². The highest BCUT2D eigenvalue weighted by Gasteiger charge is 2.29. The van der Waals surface area contributed by atoms with Crippen molar-refractivity contribution in [2.75, 3.05) is 44.0 Å². The van der Waals surface area contributed by atoms with Gasteiger partial charge in [-0.3, -0.25) is 4.79 Å². The first-order valence-electron chi connectivity index (χ1n) is 7.03. The third-order valence-electron chi connectivity index (χ3n) is 3.99. The van der Waals surface area contributed by atoms with Crippen LogP contribution in [0.2, 0.25) is 0 Å². The van der Waals surface area contributed by atoms with Crippen LogP contribution in [0, 0.1) is 0 Å². The van der Waals surface area contributed by atoms with Gasteiger partial charge < -0.3 is 20.3 Å². The molecule has 3 rings (SSSR count). The van der Waals surface area contributed by atoms with E-state index in [1.165, 1.54) is 24.2 Å². The molecule has 3 heterocycles. The second-order valence-corrected chi connectivity index (χ2v) is 6.32. The fraction of sp³-hybridized carbons (Fsp3) is 0.692. The molecule has 2 aliphatic heterocycles. The highest BCUT2D eigenvalue weighted by Crippen LogP contribution is 2.31. The quantitative estimate of drug-likeness (QED) is 0.907. The van der Waals surface area contributed by atoms with E-state index in [1.807, 2.05) is 7.05 Å². The molecule has 0 aliphatic carbocycles. The Morgan fingerprint density at radius 1 is 1.50 bits per heavy atom. The number of hydrogen-bond donors (Lipinski definition) is 1. The number of carbonyl (C=O) groups excluding carboxylic acids is 1. The fourth-order valence-electron chi connectivity index (χ4n) is 2.67. The number of rotatable bonds is 3. The second-order valence-electron chi connectivity index (χ2n) is 5.34. The Hall–Kier alpha value is -1.34. The molecule has 2 fully saturated rings. The molecule has 0 aromatic carbocycles. The van der Waals surface area contributed by atoms with Crippen LogP contribution in [0.4, 0.5) is 10.9 Å². The summed E-state index contributed by atoms with van der Waals surface area (Å²) < 4.78 is 5.34. The Balaban J connectivity index is 1.76. The van der Waals surface area contributed by atoms with Crippen LogP contribution >= 0.6 is 11.3 Å². The molecule has 2 saturated heterocycles. The molecule has 20 heavy (non-hydrogen) atoms. The SMILES string of the molecule is CN(C(=O)c1sc(N2CCCC2)nc1N)C1CCOC1. The molecule has 1 aromatic heterocycles. The lowest BCUT2D eigenvalue weighted by Gasteiger charge is -2.22. The first-order chi connectivity index (χ1) is 9.66. The lowest BCUT2D eigenvalue weighted by Crippen LogP contribution is -2.37. The fourth-order valence-corrected chi connectivity index (χ4v) is 3.69. The molecule has 2 aliphatic rings. The maximum absolute atomic E-state index is 12.5. The summed E-state index contributed by atoms with van der Waals surface area (Å²) in [4.78, 5) is 21.4. The average Bonchev–Trinajstić information content (AvgIpc) is 3.17. The van der Waals surface area contributed by atoms with Crippen LogP contribution in [0.15, 0.2) is 0 Å². The van der Waals surface area contributed by atoms with E-state index in [9.17, 15) is 4.79 Å². The summed E-state index contributed by atoms with van der Waals surface area (Å²) in [6.07, 6.45) is 3.25. The van der Waals surface area contributed by atoms with E-state index < -0.39 is 0 Å². The number of carbonyl (C=O) groups is 1. The molecule has 1 aromatic rings. The van der Waals surface area contributed by atoms with Gasteiger partial charge in [0.1, 0.15) is 10.7 Å². The zero-order valence-corrected chi connectivity index (χ0v) is 12.5. The van der Waals surface area contributed by atoms with Gasteiger partial charge in [-0.15, -0.1) is 0 Å². The molecule has 7 heteroatoms. The van der Waals surface area contributed by atoms with Crippen LogP contribution in [-0.2, 0) is 4.74 Å². The number of likely N-dealkylation sites (N-methyl/N-ethyl adjacent to an activating group) is 1. The zero-order valence-electron chi connectivity index (χ0n) is 11.7. The highest BCUT2D eigenvalue weighted by atomic mass is 32.1. The number of aromatic nitrogens is 1. The summed E-state index contributed by atoms with van der Waals surface area (Å²) in [6.45, 7) is 3.35. The van der Waals surface area contributed by atoms with Gasteiger partial charge in [0.25, 0.3) is 5.91 Å². The summed E-state index contributed by atoms with van der Waals surface area (Å²) in [6, 6.07) is 0.152. The van der Waals surface area contributed by atoms with Crippen LogP contribution in [0.1, 0.15) is 28.9 Å². The molecular formula is C13H20N4O2S. The van der Waals surface area contributed by atoms with Crippen LogP contribution in [0.25, 0.3) is 0 Å². The largest absolute Gasteiger partial charge is 0.382 e. The smallest absolute Gasteiger partial charge is 0.267 e. The van der Waals surface area contributed by atoms with Crippen molar-refractivity contribution in [1.82, 2.24) is 9.88 Å². The molecule has 1 unspecified atom stereocenters. The number of nitrogens with two attached hydrogens (primary N) is 1. The summed E-state index contributed by atoms with van der Waals surface area (Å²) in [5, 5.41) is 0.874. The summed E-state index contributed by atoms with van der Waals surface area (Å²) >= 11 is 1.41. The number of nitrogens with zero attached hydrogens (tertiary/aromatic N) is 3. The van der Waals surface area contributed by atoms with Crippen LogP contribution < -0.4 is 10.6 Å². The number of amides is 1. The van der Waals surface area contributed by atoms with Crippen molar-refractivity contribution >= 4 is 28.2 Å². The third kappa shape index (κ3) is 2.47. The van der Waals surface area contributed by atoms with Crippen LogP contribution in [-0.4, -0.2) is 55.2 Å². The molecule has 6 nitrogen and oxygen atoms in total. The Bertz CT molecular complexity index is 493. The molecule has 1 amide bonds. The number of nitrogen functional groups attached to an aromatic ring is 1. The van der Waals surface area contributed by atoms with Gasteiger partial charge in [-0.2, -0.15) is 0 Å². The Morgan fingerprint density at radius 2 is 2.25 bits per heavy atom. The van der Waals surface area contributed by atoms with E-state index in [4.69, 9.17) is 10.5 Å². The third-order valence-corrected chi connectivity index (χ3v) is 5.11. The summed E-state index contributed by atoms with van der Waals surface area (Å²) in [5.74, 6) is 0.314. The molecule has 110 valence electrons. The molecule has 0 saturated carbocycles. The molecular weight excluding hydrogens is 276 g/mol. The van der Waals surface area contributed by atoms with Gasteiger partial charge >= 0.3 is 0 Å². The van der Waals surface area contributed by atoms with E-state index in [0.717, 1.165) is 31.2 Å². The van der Waals surface area contributed by atoms with Gasteiger partial charge in [0.2, 0.25) is 0 Å². The molecule has 2 N–H and O–H groups in total. The number of anilines is 2. The van der Waals surface area contributed by atoms with Crippen molar-refractivity contribution in [3.63, 3.8) is 0 Å². The molecule has 0 bridgehead atoms. The average molecular weight is 296 g/mol. The van der Waals surface area contributed by atoms with Gasteiger partial charge in [-0.1, -0.05) is 11.3 Å². The van der Waals surface area contributed by atoms with Crippen molar-refractivity contribution in [1.29, 1.82) is 0 Å². The lowest BCUT2D eigenvalue weighted by molar-refractivity contribution is 0.0717. The predicted octanol–water partition coefficient (Wildman–Crippen LogP) is 1.19. The van der Waals surface area contributed by atoms with Crippen molar-refractivity contribution in [3.8, 4) is 0 Å². The lowest BCUT2D eigenvalue weighted by atomic mass is 10.2.